The van der Waals surface area contributed by atoms with E-state index in [0.717, 1.165) is 30.8 Å². The van der Waals surface area contributed by atoms with Gasteiger partial charge in [0.2, 0.25) is 5.91 Å². The van der Waals surface area contributed by atoms with Crippen LogP contribution in [-0.2, 0) is 17.0 Å². The quantitative estimate of drug-likeness (QED) is 0.839. The van der Waals surface area contributed by atoms with Gasteiger partial charge in [0.05, 0.1) is 5.25 Å². The molecule has 1 aliphatic heterocycles. The standard InChI is InChI=1S/C19H21NOS/c1-15(22-14-16-8-3-2-4-9-16)19(21)20-13-7-11-17-10-5-6-12-18(17)20/h2-6,8-10,12,15H,7,11,13-14H2,1H3/t15-/m1/s1. The van der Waals surface area contributed by atoms with Gasteiger partial charge in [-0.25, -0.2) is 0 Å². The predicted octanol–water partition coefficient (Wildman–Crippen LogP) is 4.29. The number of para-hydroxylation sites is 1. The van der Waals surface area contributed by atoms with Gasteiger partial charge in [0.15, 0.2) is 0 Å². The second kappa shape index (κ2) is 7.01. The summed E-state index contributed by atoms with van der Waals surface area (Å²) in [4.78, 5) is 14.8. The SMILES string of the molecule is C[C@@H](SCc1ccccc1)C(=O)N1CCCc2ccccc21. The molecule has 2 aromatic rings. The third-order valence-electron chi connectivity index (χ3n) is 4.07. The van der Waals surface area contributed by atoms with Crippen LogP contribution in [0.15, 0.2) is 54.6 Å². The molecule has 0 unspecified atom stereocenters. The average molecular weight is 311 g/mol. The smallest absolute Gasteiger partial charge is 0.239 e. The second-order valence-corrected chi connectivity index (χ2v) is 6.99. The van der Waals surface area contributed by atoms with E-state index in [0.29, 0.717) is 0 Å². The van der Waals surface area contributed by atoms with Crippen molar-refractivity contribution in [2.45, 2.75) is 30.8 Å². The molecule has 1 amide bonds. The van der Waals surface area contributed by atoms with E-state index in [1.54, 1.807) is 11.8 Å². The first-order valence-electron chi connectivity index (χ1n) is 7.80. The van der Waals surface area contributed by atoms with Crippen LogP contribution >= 0.6 is 11.8 Å². The molecule has 0 aromatic heterocycles. The summed E-state index contributed by atoms with van der Waals surface area (Å²) in [6, 6.07) is 18.6. The zero-order chi connectivity index (χ0) is 15.4. The Morgan fingerprint density at radius 2 is 1.86 bits per heavy atom. The zero-order valence-electron chi connectivity index (χ0n) is 12.9. The number of rotatable bonds is 4. The molecule has 3 rings (SSSR count). The average Bonchev–Trinajstić information content (AvgIpc) is 2.59. The fraction of sp³-hybridized carbons (Fsp3) is 0.316. The number of nitrogens with zero attached hydrogens (tertiary/aromatic N) is 1. The van der Waals surface area contributed by atoms with Crippen LogP contribution in [0.4, 0.5) is 5.69 Å². The van der Waals surface area contributed by atoms with Gasteiger partial charge < -0.3 is 4.90 Å². The zero-order valence-corrected chi connectivity index (χ0v) is 13.7. The number of amides is 1. The number of benzene rings is 2. The molecule has 0 N–H and O–H groups in total. The largest absolute Gasteiger partial charge is 0.311 e. The summed E-state index contributed by atoms with van der Waals surface area (Å²) in [5.74, 6) is 1.11. The first-order chi connectivity index (χ1) is 10.8. The molecule has 2 nitrogen and oxygen atoms in total. The molecule has 3 heteroatoms. The van der Waals surface area contributed by atoms with Crippen LogP contribution in [0.3, 0.4) is 0 Å². The third-order valence-corrected chi connectivity index (χ3v) is 5.27. The van der Waals surface area contributed by atoms with Crippen LogP contribution in [0, 0.1) is 0 Å². The third kappa shape index (κ3) is 3.36. The molecule has 0 fully saturated rings. The molecule has 0 saturated carbocycles. The number of carbonyl (C=O) groups is 1. The maximum absolute atomic E-state index is 12.8. The Morgan fingerprint density at radius 3 is 2.68 bits per heavy atom. The molecular weight excluding hydrogens is 290 g/mol. The van der Waals surface area contributed by atoms with Crippen molar-refractivity contribution in [2.24, 2.45) is 0 Å². The van der Waals surface area contributed by atoms with Crippen LogP contribution < -0.4 is 4.90 Å². The summed E-state index contributed by atoms with van der Waals surface area (Å²) in [6.07, 6.45) is 2.13. The molecule has 0 saturated heterocycles. The lowest BCUT2D eigenvalue weighted by atomic mass is 10.0. The normalized spacial score (nSPS) is 15.2. The predicted molar refractivity (Wildman–Crippen MR) is 94.3 cm³/mol. The molecular formula is C19H21NOS. The van der Waals surface area contributed by atoms with Gasteiger partial charge in [-0.1, -0.05) is 48.5 Å². The van der Waals surface area contributed by atoms with Gasteiger partial charge in [0, 0.05) is 18.0 Å². The van der Waals surface area contributed by atoms with Crippen LogP contribution in [0.5, 0.6) is 0 Å². The first kappa shape index (κ1) is 15.2. The summed E-state index contributed by atoms with van der Waals surface area (Å²) in [6.45, 7) is 2.86. The summed E-state index contributed by atoms with van der Waals surface area (Å²) < 4.78 is 0. The Kier molecular flexibility index (Phi) is 4.84. The highest BCUT2D eigenvalue weighted by Gasteiger charge is 2.26. The lowest BCUT2D eigenvalue weighted by molar-refractivity contribution is -0.117. The molecule has 1 aliphatic rings. The highest BCUT2D eigenvalue weighted by atomic mass is 32.2. The highest BCUT2D eigenvalue weighted by molar-refractivity contribution is 7.99. The van der Waals surface area contributed by atoms with Crippen molar-refractivity contribution >= 4 is 23.4 Å². The number of fused-ring (bicyclic) bond motifs is 1. The van der Waals surface area contributed by atoms with Crippen molar-refractivity contribution < 1.29 is 4.79 Å². The van der Waals surface area contributed by atoms with Crippen molar-refractivity contribution in [3.05, 3.63) is 65.7 Å². The molecule has 2 aromatic carbocycles. The Labute approximate surface area is 136 Å². The minimum Gasteiger partial charge on any atom is -0.311 e. The van der Waals surface area contributed by atoms with Crippen molar-refractivity contribution in [1.82, 2.24) is 0 Å². The first-order valence-corrected chi connectivity index (χ1v) is 8.85. The summed E-state index contributed by atoms with van der Waals surface area (Å²) in [5, 5.41) is -0.0219. The second-order valence-electron chi connectivity index (χ2n) is 5.66. The van der Waals surface area contributed by atoms with Gasteiger partial charge in [-0.2, -0.15) is 0 Å². The van der Waals surface area contributed by atoms with E-state index in [1.807, 2.05) is 36.1 Å². The number of aryl methyl sites for hydroxylation is 1. The van der Waals surface area contributed by atoms with E-state index in [9.17, 15) is 4.79 Å². The Balaban J connectivity index is 1.66. The summed E-state index contributed by atoms with van der Waals surface area (Å²) >= 11 is 1.71. The molecule has 0 spiro atoms. The Morgan fingerprint density at radius 1 is 1.14 bits per heavy atom. The monoisotopic (exact) mass is 311 g/mol. The number of carbonyl (C=O) groups excluding carboxylic acids is 1. The molecule has 1 heterocycles. The minimum atomic E-state index is -0.0219. The fourth-order valence-electron chi connectivity index (χ4n) is 2.85. The van der Waals surface area contributed by atoms with Gasteiger partial charge in [-0.3, -0.25) is 4.79 Å². The van der Waals surface area contributed by atoms with Gasteiger partial charge in [-0.05, 0) is 37.0 Å². The van der Waals surface area contributed by atoms with E-state index >= 15 is 0 Å². The fourth-order valence-corrected chi connectivity index (χ4v) is 3.75. The van der Waals surface area contributed by atoms with Gasteiger partial charge in [0.25, 0.3) is 0 Å². The lowest BCUT2D eigenvalue weighted by Gasteiger charge is -2.31. The maximum atomic E-state index is 12.8. The van der Waals surface area contributed by atoms with E-state index < -0.39 is 0 Å². The highest BCUT2D eigenvalue weighted by Crippen LogP contribution is 2.29. The van der Waals surface area contributed by atoms with Crippen molar-refractivity contribution in [3.8, 4) is 0 Å². The van der Waals surface area contributed by atoms with Gasteiger partial charge in [-0.15, -0.1) is 11.8 Å². The molecule has 22 heavy (non-hydrogen) atoms. The van der Waals surface area contributed by atoms with Crippen LogP contribution in [0.25, 0.3) is 0 Å². The van der Waals surface area contributed by atoms with Crippen molar-refractivity contribution in [2.75, 3.05) is 11.4 Å². The Hall–Kier alpha value is -1.74. The number of thioether (sulfide) groups is 1. The molecule has 1 atom stereocenters. The Bertz CT molecular complexity index is 641. The van der Waals surface area contributed by atoms with E-state index in [-0.39, 0.29) is 11.2 Å². The van der Waals surface area contributed by atoms with Crippen molar-refractivity contribution in [3.63, 3.8) is 0 Å². The summed E-state index contributed by atoms with van der Waals surface area (Å²) in [7, 11) is 0. The van der Waals surface area contributed by atoms with Crippen LogP contribution in [0.2, 0.25) is 0 Å². The molecule has 114 valence electrons. The van der Waals surface area contributed by atoms with Crippen LogP contribution in [0.1, 0.15) is 24.5 Å². The molecule has 0 aliphatic carbocycles. The lowest BCUT2D eigenvalue weighted by Crippen LogP contribution is -2.40. The van der Waals surface area contributed by atoms with E-state index in [4.69, 9.17) is 0 Å². The van der Waals surface area contributed by atoms with Gasteiger partial charge in [0.1, 0.15) is 0 Å². The number of anilines is 1. The topological polar surface area (TPSA) is 20.3 Å². The van der Waals surface area contributed by atoms with E-state index in [2.05, 4.69) is 30.3 Å². The molecule has 0 bridgehead atoms. The van der Waals surface area contributed by atoms with E-state index in [1.165, 1.54) is 11.1 Å². The van der Waals surface area contributed by atoms with Crippen LogP contribution in [-0.4, -0.2) is 17.7 Å². The molecule has 0 radical (unpaired) electrons. The van der Waals surface area contributed by atoms with Crippen molar-refractivity contribution in [1.29, 1.82) is 0 Å². The minimum absolute atomic E-state index is 0.0219. The number of hydrogen-bond acceptors (Lipinski definition) is 2. The summed E-state index contributed by atoms with van der Waals surface area (Å²) in [5.41, 5.74) is 3.67. The maximum Gasteiger partial charge on any atom is 0.239 e. The van der Waals surface area contributed by atoms with Gasteiger partial charge >= 0.3 is 0 Å². The number of hydrogen-bond donors (Lipinski definition) is 0.